The molecule has 0 spiro atoms. The molecule has 0 unspecified atom stereocenters. The normalized spacial score (nSPS) is 22.5. The molecule has 2 aliphatic rings. The SMILES string of the molecule is CC(=O)c1ccc(N2CCN(C(=O)CSC(=S)N3C[C@@H](C)O[C@H](C)C3)CC2)cc1. The molecule has 1 amide bonds. The molecule has 8 heteroatoms. The second kappa shape index (κ2) is 9.91. The van der Waals surface area contributed by atoms with Crippen LogP contribution >= 0.6 is 24.0 Å². The zero-order valence-electron chi connectivity index (χ0n) is 17.3. The number of benzene rings is 1. The van der Waals surface area contributed by atoms with Gasteiger partial charge in [-0.15, -0.1) is 0 Å². The summed E-state index contributed by atoms with van der Waals surface area (Å²) in [4.78, 5) is 30.4. The number of thiocarbonyl (C=S) groups is 1. The molecule has 0 bridgehead atoms. The molecule has 0 aliphatic carbocycles. The molecule has 2 atom stereocenters. The third-order valence-electron chi connectivity index (χ3n) is 5.27. The first-order valence-corrected chi connectivity index (χ1v) is 11.4. The lowest BCUT2D eigenvalue weighted by atomic mass is 10.1. The fourth-order valence-corrected chi connectivity index (χ4v) is 4.84. The highest BCUT2D eigenvalue weighted by molar-refractivity contribution is 8.23. The van der Waals surface area contributed by atoms with Gasteiger partial charge in [0.15, 0.2) is 5.78 Å². The molecule has 3 rings (SSSR count). The lowest BCUT2D eigenvalue weighted by Crippen LogP contribution is -2.50. The van der Waals surface area contributed by atoms with Crippen LogP contribution in [0.4, 0.5) is 5.69 Å². The lowest BCUT2D eigenvalue weighted by molar-refractivity contribution is -0.128. The van der Waals surface area contributed by atoms with Gasteiger partial charge in [-0.1, -0.05) is 24.0 Å². The highest BCUT2D eigenvalue weighted by Gasteiger charge is 2.26. The number of thioether (sulfide) groups is 1. The second-order valence-corrected chi connectivity index (χ2v) is 9.30. The van der Waals surface area contributed by atoms with Crippen molar-refractivity contribution in [1.82, 2.24) is 9.80 Å². The van der Waals surface area contributed by atoms with Gasteiger partial charge in [-0.2, -0.15) is 0 Å². The molecule has 2 saturated heterocycles. The summed E-state index contributed by atoms with van der Waals surface area (Å²) in [6.07, 6.45) is 0.316. The maximum atomic E-state index is 12.6. The number of hydrogen-bond donors (Lipinski definition) is 0. The average Bonchev–Trinajstić information content (AvgIpc) is 2.71. The zero-order valence-corrected chi connectivity index (χ0v) is 18.9. The van der Waals surface area contributed by atoms with Crippen molar-refractivity contribution in [3.05, 3.63) is 29.8 Å². The minimum Gasteiger partial charge on any atom is -0.372 e. The fraction of sp³-hybridized carbons (Fsp3) is 0.571. The van der Waals surface area contributed by atoms with E-state index < -0.39 is 0 Å². The summed E-state index contributed by atoms with van der Waals surface area (Å²) in [6, 6.07) is 7.68. The van der Waals surface area contributed by atoms with Crippen LogP contribution in [-0.2, 0) is 9.53 Å². The number of Topliss-reactive ketones (excluding diaryl/α,β-unsaturated/α-hetero) is 1. The molecule has 0 radical (unpaired) electrons. The summed E-state index contributed by atoms with van der Waals surface area (Å²) in [5.74, 6) is 0.591. The molecule has 158 valence electrons. The van der Waals surface area contributed by atoms with Gasteiger partial charge in [-0.25, -0.2) is 0 Å². The molecular formula is C21H29N3O3S2. The van der Waals surface area contributed by atoms with Gasteiger partial charge in [-0.05, 0) is 45.0 Å². The van der Waals surface area contributed by atoms with Crippen molar-refractivity contribution in [2.24, 2.45) is 0 Å². The van der Waals surface area contributed by atoms with Crippen LogP contribution < -0.4 is 4.90 Å². The van der Waals surface area contributed by atoms with Gasteiger partial charge in [0, 0.05) is 50.5 Å². The molecule has 0 N–H and O–H groups in total. The van der Waals surface area contributed by atoms with Crippen molar-refractivity contribution in [1.29, 1.82) is 0 Å². The Kier molecular flexibility index (Phi) is 7.54. The van der Waals surface area contributed by atoms with Gasteiger partial charge in [0.1, 0.15) is 4.32 Å². The number of rotatable bonds is 4. The summed E-state index contributed by atoms with van der Waals surface area (Å²) in [6.45, 7) is 10.2. The third kappa shape index (κ3) is 5.93. The van der Waals surface area contributed by atoms with E-state index in [0.717, 1.165) is 41.8 Å². The zero-order chi connectivity index (χ0) is 21.0. The van der Waals surface area contributed by atoms with Crippen LogP contribution in [-0.4, -0.2) is 83.0 Å². The predicted molar refractivity (Wildman–Crippen MR) is 122 cm³/mol. The van der Waals surface area contributed by atoms with Crippen molar-refractivity contribution in [2.75, 3.05) is 49.9 Å². The van der Waals surface area contributed by atoms with E-state index >= 15 is 0 Å². The highest BCUT2D eigenvalue weighted by atomic mass is 32.2. The number of carbonyl (C=O) groups excluding carboxylic acids is 2. The van der Waals surface area contributed by atoms with Crippen LogP contribution in [0.25, 0.3) is 0 Å². The minimum atomic E-state index is 0.0726. The van der Waals surface area contributed by atoms with E-state index in [2.05, 4.69) is 9.80 Å². The number of ketones is 1. The first kappa shape index (κ1) is 22.1. The molecule has 6 nitrogen and oxygen atoms in total. The number of hydrogen-bond acceptors (Lipinski definition) is 6. The largest absolute Gasteiger partial charge is 0.372 e. The Morgan fingerprint density at radius 2 is 1.62 bits per heavy atom. The van der Waals surface area contributed by atoms with Crippen molar-refractivity contribution in [3.63, 3.8) is 0 Å². The van der Waals surface area contributed by atoms with Gasteiger partial charge in [-0.3, -0.25) is 9.59 Å². The first-order valence-electron chi connectivity index (χ1n) is 10.0. The highest BCUT2D eigenvalue weighted by Crippen LogP contribution is 2.20. The average molecular weight is 436 g/mol. The Balaban J connectivity index is 1.44. The third-order valence-corrected chi connectivity index (χ3v) is 6.78. The van der Waals surface area contributed by atoms with Crippen molar-refractivity contribution >= 4 is 45.7 Å². The number of carbonyl (C=O) groups is 2. The van der Waals surface area contributed by atoms with E-state index in [0.29, 0.717) is 18.8 Å². The maximum absolute atomic E-state index is 12.6. The summed E-state index contributed by atoms with van der Waals surface area (Å²) >= 11 is 7.00. The summed E-state index contributed by atoms with van der Waals surface area (Å²) in [5, 5.41) is 0. The molecule has 29 heavy (non-hydrogen) atoms. The number of piperazine rings is 1. The Morgan fingerprint density at radius 1 is 1.03 bits per heavy atom. The first-order chi connectivity index (χ1) is 13.8. The van der Waals surface area contributed by atoms with Gasteiger partial charge in [0.05, 0.1) is 18.0 Å². The lowest BCUT2D eigenvalue weighted by Gasteiger charge is -2.37. The van der Waals surface area contributed by atoms with Gasteiger partial charge in [0.25, 0.3) is 0 Å². The smallest absolute Gasteiger partial charge is 0.233 e. The number of anilines is 1. The summed E-state index contributed by atoms with van der Waals surface area (Å²) in [7, 11) is 0. The Bertz CT molecular complexity index is 738. The molecule has 1 aromatic carbocycles. The topological polar surface area (TPSA) is 53.1 Å². The molecule has 2 fully saturated rings. The summed E-state index contributed by atoms with van der Waals surface area (Å²) < 4.78 is 6.53. The molecule has 2 aliphatic heterocycles. The number of morpholine rings is 1. The Morgan fingerprint density at radius 3 is 2.17 bits per heavy atom. The van der Waals surface area contributed by atoms with E-state index in [1.807, 2.05) is 43.0 Å². The van der Waals surface area contributed by atoms with E-state index in [1.54, 1.807) is 6.92 Å². The Hall–Kier alpha value is -1.64. The molecule has 0 aromatic heterocycles. The van der Waals surface area contributed by atoms with Gasteiger partial charge >= 0.3 is 0 Å². The minimum absolute atomic E-state index is 0.0726. The quantitative estimate of drug-likeness (QED) is 0.532. The molecule has 2 heterocycles. The van der Waals surface area contributed by atoms with Gasteiger partial charge < -0.3 is 19.4 Å². The number of amides is 1. The number of nitrogens with zero attached hydrogens (tertiary/aromatic N) is 3. The molecular weight excluding hydrogens is 406 g/mol. The van der Waals surface area contributed by atoms with Crippen LogP contribution in [0.5, 0.6) is 0 Å². The van der Waals surface area contributed by atoms with Gasteiger partial charge in [0.2, 0.25) is 5.91 Å². The van der Waals surface area contributed by atoms with E-state index in [4.69, 9.17) is 17.0 Å². The predicted octanol–water partition coefficient (Wildman–Crippen LogP) is 2.67. The standard InChI is InChI=1S/C21H29N3O3S2/c1-15-12-24(13-16(2)27-15)21(28)29-14-20(26)23-10-8-22(9-11-23)19-6-4-18(5-7-19)17(3)25/h4-7,15-16H,8-14H2,1-3H3/t15-,16-/m1/s1. The van der Waals surface area contributed by atoms with Crippen LogP contribution in [0, 0.1) is 0 Å². The van der Waals surface area contributed by atoms with Crippen molar-refractivity contribution in [2.45, 2.75) is 33.0 Å². The Labute approximate surface area is 182 Å². The van der Waals surface area contributed by atoms with Crippen molar-refractivity contribution < 1.29 is 14.3 Å². The van der Waals surface area contributed by atoms with E-state index in [1.165, 1.54) is 11.8 Å². The van der Waals surface area contributed by atoms with Crippen LogP contribution in [0.1, 0.15) is 31.1 Å². The van der Waals surface area contributed by atoms with Crippen molar-refractivity contribution in [3.8, 4) is 0 Å². The van der Waals surface area contributed by atoms with Crippen LogP contribution in [0.3, 0.4) is 0 Å². The maximum Gasteiger partial charge on any atom is 0.233 e. The molecule has 0 saturated carbocycles. The number of ether oxygens (including phenoxy) is 1. The monoisotopic (exact) mass is 435 g/mol. The molecule has 1 aromatic rings. The van der Waals surface area contributed by atoms with Crippen LogP contribution in [0.2, 0.25) is 0 Å². The van der Waals surface area contributed by atoms with Crippen LogP contribution in [0.15, 0.2) is 24.3 Å². The second-order valence-electron chi connectivity index (χ2n) is 7.69. The summed E-state index contributed by atoms with van der Waals surface area (Å²) in [5.41, 5.74) is 1.81. The van der Waals surface area contributed by atoms with E-state index in [-0.39, 0.29) is 23.9 Å². The fourth-order valence-electron chi connectivity index (χ4n) is 3.75. The van der Waals surface area contributed by atoms with E-state index in [9.17, 15) is 9.59 Å².